The third-order valence-corrected chi connectivity index (χ3v) is 4.22. The second kappa shape index (κ2) is 7.49. The van der Waals surface area contributed by atoms with Crippen LogP contribution in [0.4, 0.5) is 5.69 Å². The molecular weight excluding hydrogens is 335 g/mol. The van der Waals surface area contributed by atoms with Crippen molar-refractivity contribution in [2.24, 2.45) is 0 Å². The summed E-state index contributed by atoms with van der Waals surface area (Å²) in [6.07, 6.45) is 0. The van der Waals surface area contributed by atoms with Crippen LogP contribution in [0.2, 0.25) is 10.0 Å². The lowest BCUT2D eigenvalue weighted by Crippen LogP contribution is -2.33. The fourth-order valence-corrected chi connectivity index (χ4v) is 2.29. The molecule has 2 aromatic rings. The Labute approximate surface area is 144 Å². The molecule has 0 atom stereocenters. The first kappa shape index (κ1) is 17.3. The second-order valence-corrected chi connectivity index (χ2v) is 5.92. The molecule has 0 aromatic heterocycles. The lowest BCUT2D eigenvalue weighted by atomic mass is 10.1. The van der Waals surface area contributed by atoms with Crippen molar-refractivity contribution >= 4 is 40.7 Å². The maximum Gasteiger partial charge on any atom is 0.251 e. The van der Waals surface area contributed by atoms with Gasteiger partial charge in [-0.1, -0.05) is 35.3 Å². The SMILES string of the molecule is Cc1ccc(C(=O)NCC(=O)Nc2cccc(Cl)c2Cl)cc1C. The molecule has 0 spiro atoms. The number of nitrogens with one attached hydrogen (secondary N) is 2. The summed E-state index contributed by atoms with van der Waals surface area (Å²) in [4.78, 5) is 24.0. The minimum atomic E-state index is -0.383. The van der Waals surface area contributed by atoms with Gasteiger partial charge in [-0.05, 0) is 49.2 Å². The van der Waals surface area contributed by atoms with Gasteiger partial charge in [0.2, 0.25) is 5.91 Å². The van der Waals surface area contributed by atoms with Gasteiger partial charge in [0, 0.05) is 5.56 Å². The summed E-state index contributed by atoms with van der Waals surface area (Å²) in [5, 5.41) is 5.80. The van der Waals surface area contributed by atoms with Crippen LogP contribution in [0, 0.1) is 13.8 Å². The van der Waals surface area contributed by atoms with Gasteiger partial charge in [-0.2, -0.15) is 0 Å². The van der Waals surface area contributed by atoms with E-state index in [2.05, 4.69) is 10.6 Å². The van der Waals surface area contributed by atoms with E-state index < -0.39 is 0 Å². The average Bonchev–Trinajstić information content (AvgIpc) is 2.52. The number of halogens is 2. The number of hydrogen-bond donors (Lipinski definition) is 2. The molecule has 2 rings (SSSR count). The first-order chi connectivity index (χ1) is 10.9. The molecule has 0 fully saturated rings. The predicted molar refractivity (Wildman–Crippen MR) is 93.3 cm³/mol. The fourth-order valence-electron chi connectivity index (χ4n) is 1.94. The average molecular weight is 351 g/mol. The molecule has 0 heterocycles. The van der Waals surface area contributed by atoms with Crippen LogP contribution < -0.4 is 10.6 Å². The van der Waals surface area contributed by atoms with Crippen molar-refractivity contribution in [3.05, 3.63) is 63.1 Å². The van der Waals surface area contributed by atoms with Gasteiger partial charge in [0.05, 0.1) is 22.3 Å². The second-order valence-electron chi connectivity index (χ2n) is 5.13. The summed E-state index contributed by atoms with van der Waals surface area (Å²) >= 11 is 11.9. The number of carbonyl (C=O) groups is 2. The van der Waals surface area contributed by atoms with Crippen LogP contribution >= 0.6 is 23.2 Å². The Morgan fingerprint density at radius 1 is 1.04 bits per heavy atom. The van der Waals surface area contributed by atoms with Gasteiger partial charge in [0.1, 0.15) is 0 Å². The topological polar surface area (TPSA) is 58.2 Å². The fraction of sp³-hybridized carbons (Fsp3) is 0.176. The number of carbonyl (C=O) groups excluding carboxylic acids is 2. The quantitative estimate of drug-likeness (QED) is 0.875. The summed E-state index contributed by atoms with van der Waals surface area (Å²) in [6, 6.07) is 10.3. The van der Waals surface area contributed by atoms with E-state index in [-0.39, 0.29) is 23.4 Å². The van der Waals surface area contributed by atoms with Gasteiger partial charge < -0.3 is 10.6 Å². The van der Waals surface area contributed by atoms with E-state index in [1.807, 2.05) is 19.9 Å². The van der Waals surface area contributed by atoms with Gasteiger partial charge >= 0.3 is 0 Å². The smallest absolute Gasteiger partial charge is 0.251 e. The van der Waals surface area contributed by atoms with E-state index in [0.29, 0.717) is 16.3 Å². The molecule has 2 N–H and O–H groups in total. The molecule has 0 bridgehead atoms. The Hall–Kier alpha value is -2.04. The van der Waals surface area contributed by atoms with E-state index in [1.54, 1.807) is 30.3 Å². The lowest BCUT2D eigenvalue weighted by Gasteiger charge is -2.10. The van der Waals surface area contributed by atoms with Crippen LogP contribution in [0.25, 0.3) is 0 Å². The molecule has 2 aromatic carbocycles. The van der Waals surface area contributed by atoms with Crippen LogP contribution in [0.5, 0.6) is 0 Å². The minimum Gasteiger partial charge on any atom is -0.343 e. The van der Waals surface area contributed by atoms with E-state index in [0.717, 1.165) is 11.1 Å². The molecule has 0 radical (unpaired) electrons. The maximum atomic E-state index is 12.0. The molecule has 0 aliphatic heterocycles. The van der Waals surface area contributed by atoms with Crippen molar-refractivity contribution in [3.63, 3.8) is 0 Å². The number of benzene rings is 2. The third-order valence-electron chi connectivity index (χ3n) is 3.40. The van der Waals surface area contributed by atoms with E-state index in [9.17, 15) is 9.59 Å². The molecule has 0 aliphatic carbocycles. The molecule has 0 aliphatic rings. The van der Waals surface area contributed by atoms with Crippen molar-refractivity contribution in [3.8, 4) is 0 Å². The number of anilines is 1. The monoisotopic (exact) mass is 350 g/mol. The Morgan fingerprint density at radius 2 is 1.78 bits per heavy atom. The van der Waals surface area contributed by atoms with Crippen LogP contribution in [0.3, 0.4) is 0 Å². The zero-order chi connectivity index (χ0) is 17.0. The van der Waals surface area contributed by atoms with Gasteiger partial charge in [0.25, 0.3) is 5.91 Å². The Bertz CT molecular complexity index is 760. The van der Waals surface area contributed by atoms with Crippen LogP contribution in [-0.4, -0.2) is 18.4 Å². The highest BCUT2D eigenvalue weighted by atomic mass is 35.5. The largest absolute Gasteiger partial charge is 0.343 e. The third kappa shape index (κ3) is 4.47. The van der Waals surface area contributed by atoms with E-state index in [4.69, 9.17) is 23.2 Å². The number of hydrogen-bond acceptors (Lipinski definition) is 2. The lowest BCUT2D eigenvalue weighted by molar-refractivity contribution is -0.115. The summed E-state index contributed by atoms with van der Waals surface area (Å²) in [5.41, 5.74) is 3.05. The highest BCUT2D eigenvalue weighted by molar-refractivity contribution is 6.44. The summed E-state index contributed by atoms with van der Waals surface area (Å²) in [5.74, 6) is -0.688. The molecule has 23 heavy (non-hydrogen) atoms. The minimum absolute atomic E-state index is 0.158. The molecule has 6 heteroatoms. The highest BCUT2D eigenvalue weighted by Gasteiger charge is 2.11. The normalized spacial score (nSPS) is 10.3. The van der Waals surface area contributed by atoms with Crippen molar-refractivity contribution in [2.45, 2.75) is 13.8 Å². The van der Waals surface area contributed by atoms with Crippen molar-refractivity contribution in [1.82, 2.24) is 5.32 Å². The first-order valence-electron chi connectivity index (χ1n) is 6.98. The van der Waals surface area contributed by atoms with Crippen molar-refractivity contribution < 1.29 is 9.59 Å². The summed E-state index contributed by atoms with van der Waals surface area (Å²) in [6.45, 7) is 3.74. The van der Waals surface area contributed by atoms with Gasteiger partial charge in [-0.3, -0.25) is 9.59 Å². The predicted octanol–water partition coefficient (Wildman–Crippen LogP) is 3.98. The zero-order valence-electron chi connectivity index (χ0n) is 12.7. The van der Waals surface area contributed by atoms with Gasteiger partial charge in [0.15, 0.2) is 0 Å². The van der Waals surface area contributed by atoms with Crippen molar-refractivity contribution in [1.29, 1.82) is 0 Å². The Morgan fingerprint density at radius 3 is 2.48 bits per heavy atom. The number of rotatable bonds is 4. The number of aryl methyl sites for hydroxylation is 2. The molecule has 120 valence electrons. The molecule has 0 saturated heterocycles. The van der Waals surface area contributed by atoms with Crippen LogP contribution in [0.1, 0.15) is 21.5 Å². The molecule has 4 nitrogen and oxygen atoms in total. The molecular formula is C17H16Cl2N2O2. The van der Waals surface area contributed by atoms with Crippen molar-refractivity contribution in [2.75, 3.05) is 11.9 Å². The maximum absolute atomic E-state index is 12.0. The Kier molecular flexibility index (Phi) is 5.64. The van der Waals surface area contributed by atoms with Crippen LogP contribution in [-0.2, 0) is 4.79 Å². The number of amides is 2. The van der Waals surface area contributed by atoms with Crippen LogP contribution in [0.15, 0.2) is 36.4 Å². The van der Waals surface area contributed by atoms with Gasteiger partial charge in [-0.25, -0.2) is 0 Å². The van der Waals surface area contributed by atoms with E-state index >= 15 is 0 Å². The van der Waals surface area contributed by atoms with Gasteiger partial charge in [-0.15, -0.1) is 0 Å². The molecule has 2 amide bonds. The summed E-state index contributed by atoms with van der Waals surface area (Å²) < 4.78 is 0. The molecule has 0 unspecified atom stereocenters. The highest BCUT2D eigenvalue weighted by Crippen LogP contribution is 2.29. The van der Waals surface area contributed by atoms with E-state index in [1.165, 1.54) is 0 Å². The summed E-state index contributed by atoms with van der Waals surface area (Å²) in [7, 11) is 0. The molecule has 0 saturated carbocycles. The standard InChI is InChI=1S/C17H16Cl2N2O2/c1-10-6-7-12(8-11(10)2)17(23)20-9-15(22)21-14-5-3-4-13(18)16(14)19/h3-8H,9H2,1-2H3,(H,20,23)(H,21,22). The first-order valence-corrected chi connectivity index (χ1v) is 7.73. The zero-order valence-corrected chi connectivity index (χ0v) is 14.3. The Balaban J connectivity index is 1.94.